The molecular formula is C23H31N5O5S. The van der Waals surface area contributed by atoms with Crippen molar-refractivity contribution in [1.82, 2.24) is 23.9 Å². The van der Waals surface area contributed by atoms with Crippen LogP contribution in [-0.4, -0.2) is 63.2 Å². The smallest absolute Gasteiger partial charge is 0.277 e. The summed E-state index contributed by atoms with van der Waals surface area (Å²) >= 11 is 0. The zero-order chi connectivity index (χ0) is 24.6. The molecule has 0 aliphatic carbocycles. The molecule has 1 aromatic carbocycles. The first kappa shape index (κ1) is 24.4. The van der Waals surface area contributed by atoms with E-state index >= 15 is 0 Å². The first-order chi connectivity index (χ1) is 16.2. The number of nitrogens with zero attached hydrogens (tertiary/aromatic N) is 4. The first-order valence-corrected chi connectivity index (χ1v) is 13.1. The number of aryl methyl sites for hydroxylation is 1. The molecule has 0 saturated carbocycles. The molecule has 1 aliphatic heterocycles. The predicted molar refractivity (Wildman–Crippen MR) is 128 cm³/mol. The van der Waals surface area contributed by atoms with Crippen LogP contribution in [0, 0.1) is 6.92 Å². The lowest BCUT2D eigenvalue weighted by Gasteiger charge is -2.18. The van der Waals surface area contributed by atoms with E-state index in [0.29, 0.717) is 41.4 Å². The standard InChI is InChI=1S/C23H31N5O5S/c1-5-15(6-2)22-24-14(4)20-23(30)25-21(26-28(20)22)18-12-17(8-9-19(18)33-7-3)34(31,32)27-11-10-16(29)13-27/h8-9,12,15-16,29H,5-7,10-11,13H2,1-4H3,(H,25,26,30). The molecular weight excluding hydrogens is 458 g/mol. The Hall–Kier alpha value is -2.76. The summed E-state index contributed by atoms with van der Waals surface area (Å²) < 4.78 is 35.0. The second-order valence-electron chi connectivity index (χ2n) is 8.53. The van der Waals surface area contributed by atoms with Gasteiger partial charge in [0.05, 0.1) is 28.9 Å². The van der Waals surface area contributed by atoms with Crippen molar-refractivity contribution < 1.29 is 18.3 Å². The van der Waals surface area contributed by atoms with Crippen LogP contribution in [0.15, 0.2) is 27.9 Å². The summed E-state index contributed by atoms with van der Waals surface area (Å²) in [5.41, 5.74) is 0.976. The van der Waals surface area contributed by atoms with Crippen molar-refractivity contribution >= 4 is 15.5 Å². The number of nitrogens with one attached hydrogen (secondary N) is 1. The van der Waals surface area contributed by atoms with E-state index in [1.165, 1.54) is 16.4 Å². The number of sulfonamides is 1. The van der Waals surface area contributed by atoms with Crippen LogP contribution in [0.25, 0.3) is 16.9 Å². The van der Waals surface area contributed by atoms with Gasteiger partial charge >= 0.3 is 0 Å². The van der Waals surface area contributed by atoms with E-state index in [1.807, 2.05) is 6.92 Å². The Morgan fingerprint density at radius 3 is 2.62 bits per heavy atom. The number of benzene rings is 1. The van der Waals surface area contributed by atoms with E-state index in [0.717, 1.165) is 12.8 Å². The number of aromatic nitrogens is 4. The maximum absolute atomic E-state index is 13.2. The number of fused-ring (bicyclic) bond motifs is 1. The molecule has 0 amide bonds. The van der Waals surface area contributed by atoms with E-state index in [-0.39, 0.29) is 35.3 Å². The first-order valence-electron chi connectivity index (χ1n) is 11.7. The molecule has 2 aromatic heterocycles. The quantitative estimate of drug-likeness (QED) is 0.497. The van der Waals surface area contributed by atoms with Gasteiger partial charge in [0.1, 0.15) is 11.6 Å². The minimum atomic E-state index is -3.83. The molecule has 3 heterocycles. The van der Waals surface area contributed by atoms with Gasteiger partial charge in [0.25, 0.3) is 5.56 Å². The van der Waals surface area contributed by atoms with Crippen molar-refractivity contribution in [2.24, 2.45) is 0 Å². The van der Waals surface area contributed by atoms with E-state index in [9.17, 15) is 18.3 Å². The normalized spacial score (nSPS) is 17.2. The summed E-state index contributed by atoms with van der Waals surface area (Å²) in [7, 11) is -3.83. The van der Waals surface area contributed by atoms with E-state index < -0.39 is 16.1 Å². The van der Waals surface area contributed by atoms with Gasteiger partial charge in [-0.05, 0) is 51.3 Å². The predicted octanol–water partition coefficient (Wildman–Crippen LogP) is 2.45. The largest absolute Gasteiger partial charge is 0.493 e. The SMILES string of the molecule is CCOc1ccc(S(=O)(=O)N2CCC(O)C2)cc1-c1nn2c(C(CC)CC)nc(C)c2c(=O)[nH]1. The highest BCUT2D eigenvalue weighted by atomic mass is 32.2. The minimum Gasteiger partial charge on any atom is -0.493 e. The number of H-pyrrole nitrogens is 1. The fourth-order valence-corrected chi connectivity index (χ4v) is 5.97. The third-order valence-corrected chi connectivity index (χ3v) is 8.18. The van der Waals surface area contributed by atoms with Crippen molar-refractivity contribution in [3.63, 3.8) is 0 Å². The number of aromatic amines is 1. The Balaban J connectivity index is 1.90. The summed E-state index contributed by atoms with van der Waals surface area (Å²) in [5, 5.41) is 14.5. The average molecular weight is 490 g/mol. The van der Waals surface area contributed by atoms with Gasteiger partial charge in [-0.25, -0.2) is 17.9 Å². The molecule has 184 valence electrons. The Bertz CT molecular complexity index is 1360. The van der Waals surface area contributed by atoms with Crippen molar-refractivity contribution in [3.05, 3.63) is 40.1 Å². The lowest BCUT2D eigenvalue weighted by Crippen LogP contribution is -2.29. The van der Waals surface area contributed by atoms with Gasteiger partial charge in [-0.3, -0.25) is 4.79 Å². The number of ether oxygens (including phenoxy) is 1. The molecule has 1 saturated heterocycles. The highest BCUT2D eigenvalue weighted by Crippen LogP contribution is 2.32. The van der Waals surface area contributed by atoms with Gasteiger partial charge in [0.2, 0.25) is 10.0 Å². The monoisotopic (exact) mass is 489 g/mol. The van der Waals surface area contributed by atoms with Crippen LogP contribution in [0.5, 0.6) is 5.75 Å². The minimum absolute atomic E-state index is 0.0461. The maximum atomic E-state index is 13.2. The number of β-amino-alcohol motifs (C(OH)–C–C–N with tert-alkyl or cyclic N) is 1. The van der Waals surface area contributed by atoms with Crippen LogP contribution < -0.4 is 10.3 Å². The summed E-state index contributed by atoms with van der Waals surface area (Å²) in [6.07, 6.45) is 1.41. The molecule has 0 bridgehead atoms. The van der Waals surface area contributed by atoms with Gasteiger partial charge in [-0.2, -0.15) is 4.31 Å². The Morgan fingerprint density at radius 2 is 2.00 bits per heavy atom. The van der Waals surface area contributed by atoms with E-state index in [2.05, 4.69) is 28.9 Å². The van der Waals surface area contributed by atoms with E-state index in [4.69, 9.17) is 4.74 Å². The summed E-state index contributed by atoms with van der Waals surface area (Å²) in [6, 6.07) is 4.52. The van der Waals surface area contributed by atoms with Gasteiger partial charge in [-0.1, -0.05) is 13.8 Å². The topological polar surface area (TPSA) is 130 Å². The Labute approximate surface area is 198 Å². The summed E-state index contributed by atoms with van der Waals surface area (Å²) in [6.45, 7) is 8.39. The van der Waals surface area contributed by atoms with Crippen LogP contribution in [0.1, 0.15) is 57.5 Å². The highest BCUT2D eigenvalue weighted by molar-refractivity contribution is 7.89. The number of hydrogen-bond acceptors (Lipinski definition) is 7. The molecule has 0 radical (unpaired) electrons. The number of imidazole rings is 1. The summed E-state index contributed by atoms with van der Waals surface area (Å²) in [5.74, 6) is 1.44. The molecule has 34 heavy (non-hydrogen) atoms. The summed E-state index contributed by atoms with van der Waals surface area (Å²) in [4.78, 5) is 20.5. The zero-order valence-corrected chi connectivity index (χ0v) is 20.7. The van der Waals surface area contributed by atoms with Gasteiger partial charge in [-0.15, -0.1) is 5.10 Å². The van der Waals surface area contributed by atoms with Crippen LogP contribution in [-0.2, 0) is 10.0 Å². The molecule has 0 spiro atoms. The highest BCUT2D eigenvalue weighted by Gasteiger charge is 2.32. The van der Waals surface area contributed by atoms with Crippen LogP contribution >= 0.6 is 0 Å². The zero-order valence-electron chi connectivity index (χ0n) is 19.9. The molecule has 1 aliphatic rings. The lowest BCUT2D eigenvalue weighted by molar-refractivity contribution is 0.189. The molecule has 10 nitrogen and oxygen atoms in total. The van der Waals surface area contributed by atoms with Crippen LogP contribution in [0.2, 0.25) is 0 Å². The number of aliphatic hydroxyl groups is 1. The third-order valence-electron chi connectivity index (χ3n) is 6.32. The molecule has 1 unspecified atom stereocenters. The Kier molecular flexibility index (Phi) is 6.79. The Morgan fingerprint density at radius 1 is 1.26 bits per heavy atom. The molecule has 3 aromatic rings. The number of hydrogen-bond donors (Lipinski definition) is 2. The fraction of sp³-hybridized carbons (Fsp3) is 0.522. The molecule has 11 heteroatoms. The number of rotatable bonds is 8. The molecule has 4 rings (SSSR count). The van der Waals surface area contributed by atoms with Crippen LogP contribution in [0.4, 0.5) is 0 Å². The van der Waals surface area contributed by atoms with Crippen molar-refractivity contribution in [2.75, 3.05) is 19.7 Å². The van der Waals surface area contributed by atoms with Gasteiger partial charge < -0.3 is 14.8 Å². The maximum Gasteiger partial charge on any atom is 0.277 e. The van der Waals surface area contributed by atoms with Crippen molar-refractivity contribution in [2.45, 2.75) is 63.9 Å². The third kappa shape index (κ3) is 4.23. The lowest BCUT2D eigenvalue weighted by atomic mass is 10.0. The van der Waals surface area contributed by atoms with E-state index in [1.54, 1.807) is 17.5 Å². The van der Waals surface area contributed by atoms with Gasteiger partial charge in [0, 0.05) is 19.0 Å². The average Bonchev–Trinajstić information content (AvgIpc) is 3.39. The van der Waals surface area contributed by atoms with Crippen molar-refractivity contribution in [3.8, 4) is 17.1 Å². The second kappa shape index (κ2) is 9.47. The fourth-order valence-electron chi connectivity index (χ4n) is 4.45. The molecule has 2 N–H and O–H groups in total. The number of aliphatic hydroxyl groups excluding tert-OH is 1. The van der Waals surface area contributed by atoms with Gasteiger partial charge in [0.15, 0.2) is 11.3 Å². The molecule has 1 fully saturated rings. The second-order valence-corrected chi connectivity index (χ2v) is 10.5. The van der Waals surface area contributed by atoms with Crippen LogP contribution in [0.3, 0.4) is 0 Å². The molecule has 1 atom stereocenters. The van der Waals surface area contributed by atoms with Crippen molar-refractivity contribution in [1.29, 1.82) is 0 Å².